The van der Waals surface area contributed by atoms with Crippen molar-refractivity contribution in [2.75, 3.05) is 0 Å². The summed E-state index contributed by atoms with van der Waals surface area (Å²) in [6, 6.07) is 6.25. The molecule has 0 bridgehead atoms. The maximum atomic E-state index is 5.31. The van der Waals surface area contributed by atoms with E-state index in [-0.39, 0.29) is 0 Å². The minimum atomic E-state index is 0.603. The first-order valence-electron chi connectivity index (χ1n) is 5.11. The minimum absolute atomic E-state index is 0.603. The molecule has 1 aromatic rings. The van der Waals surface area contributed by atoms with Crippen LogP contribution in [0.5, 0.6) is 0 Å². The summed E-state index contributed by atoms with van der Waals surface area (Å²) in [6.45, 7) is 0. The summed E-state index contributed by atoms with van der Waals surface area (Å²) in [4.78, 5) is 0.603. The average molecular weight is 218 g/mol. The molecule has 0 spiro atoms. The number of benzene rings is 1. The molecule has 0 saturated heterocycles. The van der Waals surface area contributed by atoms with Gasteiger partial charge in [-0.2, -0.15) is 0 Å². The number of nitrogens with two attached hydrogens (primary N) is 1. The molecule has 3 N–H and O–H groups in total. The second-order valence-corrected chi connectivity index (χ2v) is 4.09. The standard InChI is InChI=1S/C12H14N2S/c13-14-12(15)11-7-6-9-4-2-1-3-5-10(9)8-11/h2,4,6-8H,1,3,5,13H2,(H,14,15). The Balaban J connectivity index is 2.37. The number of hydrogen-bond acceptors (Lipinski definition) is 2. The van der Waals surface area contributed by atoms with Crippen LogP contribution >= 0.6 is 12.2 Å². The lowest BCUT2D eigenvalue weighted by atomic mass is 10.0. The van der Waals surface area contributed by atoms with E-state index in [2.05, 4.69) is 29.7 Å². The third-order valence-corrected chi connectivity index (χ3v) is 3.00. The molecule has 1 aliphatic carbocycles. The van der Waals surface area contributed by atoms with Gasteiger partial charge in [-0.3, -0.25) is 0 Å². The zero-order valence-electron chi connectivity index (χ0n) is 8.49. The Hall–Kier alpha value is -1.19. The van der Waals surface area contributed by atoms with Gasteiger partial charge < -0.3 is 5.43 Å². The lowest BCUT2D eigenvalue weighted by Crippen LogP contribution is -2.29. The Morgan fingerprint density at radius 1 is 1.40 bits per heavy atom. The van der Waals surface area contributed by atoms with Crippen molar-refractivity contribution in [2.24, 2.45) is 5.84 Å². The van der Waals surface area contributed by atoms with Crippen molar-refractivity contribution in [3.8, 4) is 0 Å². The van der Waals surface area contributed by atoms with Crippen LogP contribution in [0.15, 0.2) is 24.3 Å². The second-order valence-electron chi connectivity index (χ2n) is 3.68. The van der Waals surface area contributed by atoms with Crippen molar-refractivity contribution in [2.45, 2.75) is 19.3 Å². The average Bonchev–Trinajstić information content (AvgIpc) is 2.51. The molecule has 3 heteroatoms. The van der Waals surface area contributed by atoms with Crippen molar-refractivity contribution in [1.29, 1.82) is 0 Å². The summed E-state index contributed by atoms with van der Waals surface area (Å²) in [5.41, 5.74) is 6.18. The Bertz CT molecular complexity index is 410. The minimum Gasteiger partial charge on any atom is -0.314 e. The topological polar surface area (TPSA) is 38.0 Å². The highest BCUT2D eigenvalue weighted by molar-refractivity contribution is 7.80. The highest BCUT2D eigenvalue weighted by atomic mass is 32.1. The molecule has 0 saturated carbocycles. The van der Waals surface area contributed by atoms with Crippen LogP contribution in [0.1, 0.15) is 29.5 Å². The molecule has 0 fully saturated rings. The van der Waals surface area contributed by atoms with E-state index in [0.717, 1.165) is 18.4 Å². The van der Waals surface area contributed by atoms with E-state index in [4.69, 9.17) is 18.1 Å². The molecule has 2 rings (SSSR count). The number of nitrogens with one attached hydrogen (secondary N) is 1. The Morgan fingerprint density at radius 3 is 3.07 bits per heavy atom. The molecule has 0 aromatic heterocycles. The highest BCUT2D eigenvalue weighted by Crippen LogP contribution is 2.20. The molecule has 2 nitrogen and oxygen atoms in total. The summed E-state index contributed by atoms with van der Waals surface area (Å²) in [6.07, 6.45) is 7.89. The van der Waals surface area contributed by atoms with Crippen LogP contribution in [0, 0.1) is 0 Å². The molecule has 0 atom stereocenters. The van der Waals surface area contributed by atoms with Crippen LogP contribution in [-0.4, -0.2) is 4.99 Å². The zero-order valence-corrected chi connectivity index (χ0v) is 9.31. The monoisotopic (exact) mass is 218 g/mol. The molecule has 15 heavy (non-hydrogen) atoms. The van der Waals surface area contributed by atoms with Crippen LogP contribution in [-0.2, 0) is 6.42 Å². The molecule has 0 heterocycles. The number of thiocarbonyl (C=S) groups is 1. The van der Waals surface area contributed by atoms with Crippen LogP contribution < -0.4 is 11.3 Å². The normalized spacial score (nSPS) is 14.2. The van der Waals surface area contributed by atoms with E-state index in [1.165, 1.54) is 17.5 Å². The molecule has 0 unspecified atom stereocenters. The fourth-order valence-corrected chi connectivity index (χ4v) is 1.96. The zero-order chi connectivity index (χ0) is 10.7. The van der Waals surface area contributed by atoms with Crippen molar-refractivity contribution < 1.29 is 0 Å². The van der Waals surface area contributed by atoms with Gasteiger partial charge in [-0.25, -0.2) is 5.84 Å². The molecular weight excluding hydrogens is 204 g/mol. The van der Waals surface area contributed by atoms with Gasteiger partial charge in [0.2, 0.25) is 0 Å². The molecule has 78 valence electrons. The fraction of sp³-hybridized carbons (Fsp3) is 0.250. The summed E-state index contributed by atoms with van der Waals surface area (Å²) < 4.78 is 0. The summed E-state index contributed by atoms with van der Waals surface area (Å²) >= 11 is 5.11. The van der Waals surface area contributed by atoms with Crippen LogP contribution in [0.3, 0.4) is 0 Å². The van der Waals surface area contributed by atoms with Gasteiger partial charge in [-0.15, -0.1) is 0 Å². The van der Waals surface area contributed by atoms with Crippen molar-refractivity contribution in [3.05, 3.63) is 41.0 Å². The summed E-state index contributed by atoms with van der Waals surface area (Å²) in [5, 5.41) is 0. The van der Waals surface area contributed by atoms with Gasteiger partial charge in [0.1, 0.15) is 4.99 Å². The quantitative estimate of drug-likeness (QED) is 0.431. The van der Waals surface area contributed by atoms with Gasteiger partial charge in [0, 0.05) is 5.56 Å². The van der Waals surface area contributed by atoms with Gasteiger partial charge in [0.15, 0.2) is 0 Å². The molecule has 1 aromatic carbocycles. The van der Waals surface area contributed by atoms with E-state index in [9.17, 15) is 0 Å². The van der Waals surface area contributed by atoms with Crippen LogP contribution in [0.25, 0.3) is 6.08 Å². The predicted molar refractivity (Wildman–Crippen MR) is 67.4 cm³/mol. The first-order valence-corrected chi connectivity index (χ1v) is 5.52. The van der Waals surface area contributed by atoms with Crippen molar-refractivity contribution in [3.63, 3.8) is 0 Å². The first-order chi connectivity index (χ1) is 7.31. The van der Waals surface area contributed by atoms with Gasteiger partial charge in [0.25, 0.3) is 0 Å². The second kappa shape index (κ2) is 4.55. The molecule has 0 amide bonds. The van der Waals surface area contributed by atoms with Crippen LogP contribution in [0.2, 0.25) is 0 Å². The van der Waals surface area contributed by atoms with E-state index >= 15 is 0 Å². The van der Waals surface area contributed by atoms with Crippen LogP contribution in [0.4, 0.5) is 0 Å². The Kier molecular flexibility index (Phi) is 3.14. The molecule has 0 aliphatic heterocycles. The highest BCUT2D eigenvalue weighted by Gasteiger charge is 2.06. The summed E-state index contributed by atoms with van der Waals surface area (Å²) in [5.74, 6) is 5.31. The fourth-order valence-electron chi connectivity index (χ4n) is 1.83. The lowest BCUT2D eigenvalue weighted by molar-refractivity contribution is 0.851. The maximum absolute atomic E-state index is 5.31. The summed E-state index contributed by atoms with van der Waals surface area (Å²) in [7, 11) is 0. The number of hydrogen-bond donors (Lipinski definition) is 2. The predicted octanol–water partition coefficient (Wildman–Crippen LogP) is 2.17. The van der Waals surface area contributed by atoms with Gasteiger partial charge in [-0.05, 0) is 36.5 Å². The number of aryl methyl sites for hydroxylation is 1. The van der Waals surface area contributed by atoms with Gasteiger partial charge in [0.05, 0.1) is 0 Å². The van der Waals surface area contributed by atoms with E-state index in [1.54, 1.807) is 0 Å². The third-order valence-electron chi connectivity index (χ3n) is 2.65. The maximum Gasteiger partial charge on any atom is 0.120 e. The smallest absolute Gasteiger partial charge is 0.120 e. The SMILES string of the molecule is NNC(=S)c1ccc2c(c1)CCCC=C2. The molecule has 0 radical (unpaired) electrons. The number of rotatable bonds is 1. The lowest BCUT2D eigenvalue weighted by Gasteiger charge is -2.08. The first kappa shape index (κ1) is 10.3. The van der Waals surface area contributed by atoms with E-state index in [1.807, 2.05) is 6.07 Å². The number of hydrazine groups is 1. The van der Waals surface area contributed by atoms with E-state index < -0.39 is 0 Å². The Morgan fingerprint density at radius 2 is 2.27 bits per heavy atom. The largest absolute Gasteiger partial charge is 0.314 e. The number of allylic oxidation sites excluding steroid dienone is 1. The Labute approximate surface area is 95.1 Å². The third kappa shape index (κ3) is 2.25. The molecule has 1 aliphatic rings. The van der Waals surface area contributed by atoms with Gasteiger partial charge >= 0.3 is 0 Å². The van der Waals surface area contributed by atoms with Gasteiger partial charge in [-0.1, -0.05) is 36.5 Å². The van der Waals surface area contributed by atoms with E-state index in [0.29, 0.717) is 4.99 Å². The van der Waals surface area contributed by atoms with Crippen molar-refractivity contribution >= 4 is 23.3 Å². The molecular formula is C12H14N2S. The van der Waals surface area contributed by atoms with Crippen molar-refractivity contribution in [1.82, 2.24) is 5.43 Å². The number of fused-ring (bicyclic) bond motifs is 1.